The van der Waals surface area contributed by atoms with E-state index in [1.807, 2.05) is 0 Å². The molecule has 27 heavy (non-hydrogen) atoms. The van der Waals surface area contributed by atoms with Crippen LogP contribution in [0.4, 0.5) is 0 Å². The third-order valence-electron chi connectivity index (χ3n) is 8.32. The lowest BCUT2D eigenvalue weighted by molar-refractivity contribution is -0.129. The molecule has 0 aromatic rings. The van der Waals surface area contributed by atoms with Crippen LogP contribution in [0.3, 0.4) is 0 Å². The maximum atomic E-state index is 13.1. The molecule has 2 aliphatic heterocycles. The van der Waals surface area contributed by atoms with Gasteiger partial charge in [-0.2, -0.15) is 0 Å². The van der Waals surface area contributed by atoms with E-state index in [9.17, 15) is 4.79 Å². The molecule has 2 unspecified atom stereocenters. The molecular weight excluding hydrogens is 336 g/mol. The Morgan fingerprint density at radius 2 is 1.63 bits per heavy atom. The van der Waals surface area contributed by atoms with Crippen molar-refractivity contribution >= 4 is 5.91 Å². The van der Waals surface area contributed by atoms with Crippen LogP contribution in [0.2, 0.25) is 0 Å². The number of nitrogens with one attached hydrogen (secondary N) is 1. The topological polar surface area (TPSA) is 61.6 Å². The third kappa shape index (κ3) is 4.20. The second-order valence-corrected chi connectivity index (χ2v) is 9.99. The summed E-state index contributed by atoms with van der Waals surface area (Å²) in [6.07, 6.45) is 12.2. The van der Waals surface area contributed by atoms with Crippen LogP contribution in [0.1, 0.15) is 64.2 Å². The Hall–Kier alpha value is -0.650. The maximum Gasteiger partial charge on any atom is 0.223 e. The van der Waals surface area contributed by atoms with Crippen molar-refractivity contribution in [2.75, 3.05) is 39.8 Å². The van der Waals surface area contributed by atoms with Crippen molar-refractivity contribution in [1.82, 2.24) is 15.1 Å². The average molecular weight is 377 g/mol. The predicted octanol–water partition coefficient (Wildman–Crippen LogP) is 2.21. The quantitative estimate of drug-likeness (QED) is 0.790. The number of hydrogen-bond donors (Lipinski definition) is 2. The number of amides is 1. The summed E-state index contributed by atoms with van der Waals surface area (Å²) in [5, 5.41) is 3.44. The second kappa shape index (κ2) is 8.38. The standard InChI is InChI=1S/C22H40N4O/c1-25-12-8-22(9-13-25,26-10-3-2-4-11-26)16-24-21(27)19-14-17-6-5-7-18(15-19)20(17)23/h17-20H,2-16,23H2,1H3,(H,24,27). The highest BCUT2D eigenvalue weighted by Crippen LogP contribution is 2.42. The molecule has 0 radical (unpaired) electrons. The van der Waals surface area contributed by atoms with Crippen molar-refractivity contribution in [2.45, 2.75) is 75.8 Å². The fraction of sp³-hybridized carbons (Fsp3) is 0.955. The van der Waals surface area contributed by atoms with Gasteiger partial charge in [0, 0.05) is 24.0 Å². The molecule has 2 atom stereocenters. The number of carbonyl (C=O) groups is 1. The van der Waals surface area contributed by atoms with Gasteiger partial charge in [0.05, 0.1) is 0 Å². The number of piperidine rings is 2. The van der Waals surface area contributed by atoms with Crippen molar-refractivity contribution in [2.24, 2.45) is 23.5 Å². The van der Waals surface area contributed by atoms with Gasteiger partial charge >= 0.3 is 0 Å². The molecule has 1 amide bonds. The molecule has 4 fully saturated rings. The molecule has 0 aromatic carbocycles. The monoisotopic (exact) mass is 376 g/mol. The zero-order valence-corrected chi connectivity index (χ0v) is 17.3. The molecule has 154 valence electrons. The largest absolute Gasteiger partial charge is 0.354 e. The minimum atomic E-state index is 0.184. The van der Waals surface area contributed by atoms with E-state index < -0.39 is 0 Å². The number of hydrogen-bond acceptors (Lipinski definition) is 4. The summed E-state index contributed by atoms with van der Waals surface area (Å²) in [4.78, 5) is 18.2. The number of rotatable bonds is 4. The van der Waals surface area contributed by atoms with Gasteiger partial charge in [0.1, 0.15) is 0 Å². The van der Waals surface area contributed by atoms with E-state index in [2.05, 4.69) is 22.2 Å². The smallest absolute Gasteiger partial charge is 0.223 e. The number of carbonyl (C=O) groups excluding carboxylic acids is 1. The number of nitrogens with two attached hydrogens (primary N) is 1. The van der Waals surface area contributed by atoms with Crippen LogP contribution in [0.25, 0.3) is 0 Å². The van der Waals surface area contributed by atoms with E-state index in [-0.39, 0.29) is 11.5 Å². The molecular formula is C22H40N4O. The Morgan fingerprint density at radius 3 is 2.26 bits per heavy atom. The summed E-state index contributed by atoms with van der Waals surface area (Å²) in [7, 11) is 2.22. The van der Waals surface area contributed by atoms with Crippen LogP contribution in [-0.2, 0) is 4.79 Å². The van der Waals surface area contributed by atoms with Gasteiger partial charge in [-0.3, -0.25) is 9.69 Å². The minimum Gasteiger partial charge on any atom is -0.354 e. The molecule has 3 N–H and O–H groups in total. The van der Waals surface area contributed by atoms with Gasteiger partial charge in [-0.15, -0.1) is 0 Å². The Labute approximate surface area is 165 Å². The summed E-state index contributed by atoms with van der Waals surface area (Å²) < 4.78 is 0. The summed E-state index contributed by atoms with van der Waals surface area (Å²) in [5.41, 5.74) is 6.61. The number of nitrogens with zero attached hydrogens (tertiary/aromatic N) is 2. The molecule has 2 saturated carbocycles. The molecule has 2 saturated heterocycles. The van der Waals surface area contributed by atoms with E-state index in [4.69, 9.17) is 5.73 Å². The normalized spacial score (nSPS) is 37.7. The van der Waals surface area contributed by atoms with Gasteiger partial charge in [-0.1, -0.05) is 12.8 Å². The van der Waals surface area contributed by atoms with Crippen molar-refractivity contribution in [3.05, 3.63) is 0 Å². The predicted molar refractivity (Wildman–Crippen MR) is 109 cm³/mol. The van der Waals surface area contributed by atoms with Crippen LogP contribution in [-0.4, -0.2) is 67.1 Å². The van der Waals surface area contributed by atoms with E-state index in [0.717, 1.165) is 32.5 Å². The van der Waals surface area contributed by atoms with Crippen molar-refractivity contribution in [3.8, 4) is 0 Å². The Kier molecular flexibility index (Phi) is 6.10. The van der Waals surface area contributed by atoms with Gasteiger partial charge in [0.2, 0.25) is 5.91 Å². The lowest BCUT2D eigenvalue weighted by Crippen LogP contribution is -2.62. The third-order valence-corrected chi connectivity index (χ3v) is 8.32. The minimum absolute atomic E-state index is 0.184. The molecule has 4 aliphatic rings. The molecule has 5 nitrogen and oxygen atoms in total. The first kappa shape index (κ1) is 19.7. The van der Waals surface area contributed by atoms with Crippen LogP contribution in [0.15, 0.2) is 0 Å². The first-order valence-corrected chi connectivity index (χ1v) is 11.5. The van der Waals surface area contributed by atoms with Crippen molar-refractivity contribution < 1.29 is 4.79 Å². The van der Waals surface area contributed by atoms with Gasteiger partial charge in [-0.05, 0) is 96.4 Å². The Bertz CT molecular complexity index is 496. The van der Waals surface area contributed by atoms with Gasteiger partial charge in [0.15, 0.2) is 0 Å². The zero-order valence-electron chi connectivity index (χ0n) is 17.3. The number of likely N-dealkylation sites (tertiary alicyclic amines) is 2. The molecule has 0 aromatic heterocycles. The first-order chi connectivity index (χ1) is 13.1. The van der Waals surface area contributed by atoms with Crippen LogP contribution in [0, 0.1) is 17.8 Å². The van der Waals surface area contributed by atoms with E-state index in [0.29, 0.717) is 23.8 Å². The van der Waals surface area contributed by atoms with Crippen molar-refractivity contribution in [3.63, 3.8) is 0 Å². The molecule has 2 aliphatic carbocycles. The zero-order chi connectivity index (χ0) is 18.9. The Morgan fingerprint density at radius 1 is 1.00 bits per heavy atom. The van der Waals surface area contributed by atoms with Crippen molar-refractivity contribution in [1.29, 1.82) is 0 Å². The lowest BCUT2D eigenvalue weighted by Gasteiger charge is -2.50. The summed E-state index contributed by atoms with van der Waals surface area (Å²) in [6.45, 7) is 5.56. The van der Waals surface area contributed by atoms with E-state index in [1.54, 1.807) is 0 Å². The van der Waals surface area contributed by atoms with Crippen LogP contribution >= 0.6 is 0 Å². The number of fused-ring (bicyclic) bond motifs is 2. The molecule has 4 rings (SSSR count). The highest BCUT2D eigenvalue weighted by molar-refractivity contribution is 5.79. The summed E-state index contributed by atoms with van der Waals surface area (Å²) >= 11 is 0. The van der Waals surface area contributed by atoms with Crippen LogP contribution in [0.5, 0.6) is 0 Å². The highest BCUT2D eigenvalue weighted by atomic mass is 16.1. The molecule has 2 bridgehead atoms. The van der Waals surface area contributed by atoms with Gasteiger partial charge in [-0.25, -0.2) is 0 Å². The Balaban J connectivity index is 1.38. The fourth-order valence-electron chi connectivity index (χ4n) is 6.41. The first-order valence-electron chi connectivity index (χ1n) is 11.5. The molecule has 0 spiro atoms. The highest BCUT2D eigenvalue weighted by Gasteiger charge is 2.43. The fourth-order valence-corrected chi connectivity index (χ4v) is 6.41. The van der Waals surface area contributed by atoms with Gasteiger partial charge in [0.25, 0.3) is 0 Å². The summed E-state index contributed by atoms with van der Waals surface area (Å²) in [6, 6.07) is 0.344. The van der Waals surface area contributed by atoms with E-state index in [1.165, 1.54) is 64.5 Å². The lowest BCUT2D eigenvalue weighted by atomic mass is 9.65. The van der Waals surface area contributed by atoms with Crippen LogP contribution < -0.4 is 11.1 Å². The second-order valence-electron chi connectivity index (χ2n) is 9.99. The van der Waals surface area contributed by atoms with E-state index >= 15 is 0 Å². The summed E-state index contributed by atoms with van der Waals surface area (Å²) in [5.74, 6) is 1.67. The molecule has 2 heterocycles. The molecule has 5 heteroatoms. The maximum absolute atomic E-state index is 13.1. The van der Waals surface area contributed by atoms with Gasteiger partial charge < -0.3 is 16.0 Å². The average Bonchev–Trinajstić information content (AvgIpc) is 2.68. The SMILES string of the molecule is CN1CCC(CNC(=O)C2CC3CCCC(C2)C3N)(N2CCCCC2)CC1.